The SMILES string of the molecule is COCCOCCNc1nc(N)c2ncn([C@@H]3C[C@H](O)[C@H](O)C3O)c2n1. The molecule has 2 aromatic heterocycles. The second kappa shape index (κ2) is 8.10. The van der Waals surface area contributed by atoms with Crippen LogP contribution in [-0.2, 0) is 9.47 Å². The van der Waals surface area contributed by atoms with Gasteiger partial charge in [-0.25, -0.2) is 4.98 Å². The molecule has 144 valence electrons. The van der Waals surface area contributed by atoms with Crippen molar-refractivity contribution in [2.24, 2.45) is 0 Å². The lowest BCUT2D eigenvalue weighted by molar-refractivity contribution is -0.0244. The molecule has 1 saturated carbocycles. The van der Waals surface area contributed by atoms with Crippen LogP contribution in [-0.4, -0.2) is 86.6 Å². The Morgan fingerprint density at radius 1 is 1.23 bits per heavy atom. The van der Waals surface area contributed by atoms with Crippen LogP contribution in [0.3, 0.4) is 0 Å². The Balaban J connectivity index is 1.74. The van der Waals surface area contributed by atoms with Crippen LogP contribution in [0, 0.1) is 0 Å². The first kappa shape index (κ1) is 18.7. The van der Waals surface area contributed by atoms with Gasteiger partial charge < -0.3 is 40.4 Å². The Morgan fingerprint density at radius 2 is 2.04 bits per heavy atom. The second-order valence-corrected chi connectivity index (χ2v) is 6.14. The molecular formula is C15H24N6O5. The van der Waals surface area contributed by atoms with Gasteiger partial charge >= 0.3 is 0 Å². The molecule has 26 heavy (non-hydrogen) atoms. The number of ether oxygens (including phenoxy) is 2. The van der Waals surface area contributed by atoms with Crippen molar-refractivity contribution in [3.8, 4) is 0 Å². The first-order valence-corrected chi connectivity index (χ1v) is 8.37. The van der Waals surface area contributed by atoms with Crippen molar-refractivity contribution in [3.63, 3.8) is 0 Å². The number of rotatable bonds is 8. The highest BCUT2D eigenvalue weighted by molar-refractivity contribution is 5.83. The molecule has 2 heterocycles. The number of nitrogens with zero attached hydrogens (tertiary/aromatic N) is 4. The lowest BCUT2D eigenvalue weighted by Gasteiger charge is -2.18. The Morgan fingerprint density at radius 3 is 2.73 bits per heavy atom. The van der Waals surface area contributed by atoms with Crippen LogP contribution in [0.5, 0.6) is 0 Å². The highest BCUT2D eigenvalue weighted by Crippen LogP contribution is 2.33. The number of imidazole rings is 1. The van der Waals surface area contributed by atoms with Gasteiger partial charge in [0.05, 0.1) is 38.3 Å². The number of anilines is 2. The number of nitrogen functional groups attached to an aromatic ring is 1. The number of hydrogen-bond acceptors (Lipinski definition) is 10. The first-order valence-electron chi connectivity index (χ1n) is 8.37. The van der Waals surface area contributed by atoms with E-state index in [9.17, 15) is 15.3 Å². The quantitative estimate of drug-likeness (QED) is 0.347. The van der Waals surface area contributed by atoms with Gasteiger partial charge in [0, 0.05) is 13.7 Å². The molecule has 1 aliphatic rings. The molecule has 2 aromatic rings. The third-order valence-corrected chi connectivity index (χ3v) is 4.39. The predicted octanol–water partition coefficient (Wildman–Crippen LogP) is -1.49. The summed E-state index contributed by atoms with van der Waals surface area (Å²) in [4.78, 5) is 12.8. The lowest BCUT2D eigenvalue weighted by Crippen LogP contribution is -2.31. The number of aliphatic hydroxyl groups is 3. The van der Waals surface area contributed by atoms with E-state index in [4.69, 9.17) is 15.2 Å². The summed E-state index contributed by atoms with van der Waals surface area (Å²) in [7, 11) is 1.61. The van der Waals surface area contributed by atoms with Crippen molar-refractivity contribution >= 4 is 22.9 Å². The van der Waals surface area contributed by atoms with Crippen LogP contribution in [0.1, 0.15) is 12.5 Å². The third-order valence-electron chi connectivity index (χ3n) is 4.39. The van der Waals surface area contributed by atoms with Crippen LogP contribution in [0.2, 0.25) is 0 Å². The van der Waals surface area contributed by atoms with E-state index < -0.39 is 24.4 Å². The second-order valence-electron chi connectivity index (χ2n) is 6.14. The normalized spacial score (nSPS) is 25.8. The van der Waals surface area contributed by atoms with Crippen LogP contribution in [0.15, 0.2) is 6.33 Å². The highest BCUT2D eigenvalue weighted by Gasteiger charge is 2.42. The summed E-state index contributed by atoms with van der Waals surface area (Å²) in [5.74, 6) is 0.505. The van der Waals surface area contributed by atoms with Gasteiger partial charge in [0.15, 0.2) is 11.5 Å². The van der Waals surface area contributed by atoms with Crippen molar-refractivity contribution in [1.29, 1.82) is 0 Å². The van der Waals surface area contributed by atoms with Gasteiger partial charge in [0.1, 0.15) is 17.7 Å². The number of nitrogens with two attached hydrogens (primary N) is 1. The maximum Gasteiger partial charge on any atom is 0.226 e. The molecule has 0 bridgehead atoms. The molecule has 11 heteroatoms. The smallest absolute Gasteiger partial charge is 0.226 e. The zero-order valence-corrected chi connectivity index (χ0v) is 14.4. The summed E-state index contributed by atoms with van der Waals surface area (Å²) < 4.78 is 11.9. The fourth-order valence-corrected chi connectivity index (χ4v) is 3.00. The van der Waals surface area contributed by atoms with E-state index >= 15 is 0 Å². The van der Waals surface area contributed by atoms with Gasteiger partial charge in [-0.3, -0.25) is 0 Å². The molecule has 4 atom stereocenters. The molecular weight excluding hydrogens is 344 g/mol. The molecule has 0 aromatic carbocycles. The number of hydrogen-bond donors (Lipinski definition) is 5. The Hall–Kier alpha value is -2.05. The molecule has 0 aliphatic heterocycles. The molecule has 1 fully saturated rings. The number of fused-ring (bicyclic) bond motifs is 1. The summed E-state index contributed by atoms with van der Waals surface area (Å²) in [5.41, 5.74) is 6.77. The molecule has 1 unspecified atom stereocenters. The standard InChI is InChI=1S/C15H24N6O5/c1-25-4-5-26-3-2-17-15-19-13(16)10-14(20-15)21(7-18-10)8-6-9(22)12(24)11(8)23/h7-9,11-12,22-24H,2-6H2,1H3,(H3,16,17,19,20)/t8-,9+,11?,12+/m1/s1. The number of aliphatic hydroxyl groups excluding tert-OH is 3. The monoisotopic (exact) mass is 368 g/mol. The largest absolute Gasteiger partial charge is 0.390 e. The average Bonchev–Trinajstić information content (AvgIpc) is 3.15. The van der Waals surface area contributed by atoms with Crippen molar-refractivity contribution in [2.75, 3.05) is 44.5 Å². The van der Waals surface area contributed by atoms with Crippen molar-refractivity contribution in [2.45, 2.75) is 30.8 Å². The van der Waals surface area contributed by atoms with Crippen molar-refractivity contribution in [3.05, 3.63) is 6.33 Å². The van der Waals surface area contributed by atoms with E-state index in [1.54, 1.807) is 11.7 Å². The molecule has 0 radical (unpaired) electrons. The van der Waals surface area contributed by atoms with Gasteiger partial charge in [-0.05, 0) is 6.42 Å². The first-order chi connectivity index (χ1) is 12.5. The molecule has 3 rings (SSSR count). The third kappa shape index (κ3) is 3.71. The van der Waals surface area contributed by atoms with Crippen LogP contribution < -0.4 is 11.1 Å². The molecule has 0 saturated heterocycles. The van der Waals surface area contributed by atoms with E-state index in [1.165, 1.54) is 6.33 Å². The van der Waals surface area contributed by atoms with Gasteiger partial charge in [0.25, 0.3) is 0 Å². The Bertz CT molecular complexity index is 741. The van der Waals surface area contributed by atoms with Crippen LogP contribution in [0.4, 0.5) is 11.8 Å². The molecule has 0 spiro atoms. The minimum atomic E-state index is -1.21. The Labute approximate surface area is 149 Å². The molecule has 6 N–H and O–H groups in total. The number of methoxy groups -OCH3 is 1. The van der Waals surface area contributed by atoms with Crippen molar-refractivity contribution < 1.29 is 24.8 Å². The van der Waals surface area contributed by atoms with E-state index in [0.29, 0.717) is 43.5 Å². The van der Waals surface area contributed by atoms with E-state index in [2.05, 4.69) is 20.3 Å². The molecule has 1 aliphatic carbocycles. The zero-order chi connectivity index (χ0) is 18.7. The van der Waals surface area contributed by atoms with E-state index in [-0.39, 0.29) is 12.2 Å². The maximum absolute atomic E-state index is 10.2. The van der Waals surface area contributed by atoms with Gasteiger partial charge in [-0.2, -0.15) is 9.97 Å². The molecule has 11 nitrogen and oxygen atoms in total. The number of aromatic nitrogens is 4. The molecule has 0 amide bonds. The number of nitrogens with one attached hydrogen (secondary N) is 1. The predicted molar refractivity (Wildman–Crippen MR) is 92.6 cm³/mol. The zero-order valence-electron chi connectivity index (χ0n) is 14.4. The summed E-state index contributed by atoms with van der Waals surface area (Å²) >= 11 is 0. The van der Waals surface area contributed by atoms with Crippen molar-refractivity contribution in [1.82, 2.24) is 19.5 Å². The van der Waals surface area contributed by atoms with Gasteiger partial charge in [-0.15, -0.1) is 0 Å². The van der Waals surface area contributed by atoms with Crippen LogP contribution in [0.25, 0.3) is 11.2 Å². The van der Waals surface area contributed by atoms with E-state index in [0.717, 1.165) is 0 Å². The lowest BCUT2D eigenvalue weighted by atomic mass is 10.2. The minimum Gasteiger partial charge on any atom is -0.390 e. The van der Waals surface area contributed by atoms with E-state index in [1.807, 2.05) is 0 Å². The maximum atomic E-state index is 10.2. The summed E-state index contributed by atoms with van der Waals surface area (Å²) in [6.07, 6.45) is -1.67. The minimum absolute atomic E-state index is 0.188. The summed E-state index contributed by atoms with van der Waals surface area (Å²) in [5, 5.41) is 32.8. The Kier molecular flexibility index (Phi) is 5.84. The average molecular weight is 368 g/mol. The highest BCUT2D eigenvalue weighted by atomic mass is 16.5. The topological polar surface area (TPSA) is 161 Å². The van der Waals surface area contributed by atoms with Gasteiger partial charge in [-0.1, -0.05) is 0 Å². The van der Waals surface area contributed by atoms with Gasteiger partial charge in [0.2, 0.25) is 5.95 Å². The fraction of sp³-hybridized carbons (Fsp3) is 0.667. The van der Waals surface area contributed by atoms with Crippen LogP contribution >= 0.6 is 0 Å². The summed E-state index contributed by atoms with van der Waals surface area (Å²) in [6.45, 7) is 1.95. The summed E-state index contributed by atoms with van der Waals surface area (Å²) in [6, 6.07) is -0.551. The fourth-order valence-electron chi connectivity index (χ4n) is 3.00.